The topological polar surface area (TPSA) is 109 Å². The Kier molecular flexibility index (Phi) is 7.41. The van der Waals surface area contributed by atoms with Gasteiger partial charge in [0.2, 0.25) is 11.9 Å². The van der Waals surface area contributed by atoms with Crippen LogP contribution in [-0.2, 0) is 16.1 Å². The Morgan fingerprint density at radius 3 is 2.76 bits per heavy atom. The van der Waals surface area contributed by atoms with Crippen molar-refractivity contribution in [3.8, 4) is 11.3 Å². The molecule has 2 amide bonds. The van der Waals surface area contributed by atoms with Gasteiger partial charge in [-0.05, 0) is 38.3 Å². The second-order valence-corrected chi connectivity index (χ2v) is 11.2. The molecule has 0 saturated carbocycles. The zero-order valence-electron chi connectivity index (χ0n) is 21.0. The molecular formula is C26H29ClN6O3S. The molecule has 0 spiro atoms. The molecule has 1 atom stereocenters. The molecule has 0 bridgehead atoms. The largest absolute Gasteiger partial charge is 0.381 e. The van der Waals surface area contributed by atoms with E-state index in [0.29, 0.717) is 48.5 Å². The molecule has 2 N–H and O–H groups in total. The van der Waals surface area contributed by atoms with Gasteiger partial charge in [-0.15, -0.1) is 11.3 Å². The molecule has 37 heavy (non-hydrogen) atoms. The van der Waals surface area contributed by atoms with E-state index in [4.69, 9.17) is 16.3 Å². The van der Waals surface area contributed by atoms with Gasteiger partial charge in [-0.1, -0.05) is 23.7 Å². The van der Waals surface area contributed by atoms with Crippen LogP contribution in [0.5, 0.6) is 0 Å². The molecule has 1 unspecified atom stereocenters. The van der Waals surface area contributed by atoms with Crippen molar-refractivity contribution in [2.24, 2.45) is 0 Å². The van der Waals surface area contributed by atoms with E-state index in [1.807, 2.05) is 32.0 Å². The number of ether oxygens (including phenoxy) is 1. The number of amides is 2. The predicted molar refractivity (Wildman–Crippen MR) is 143 cm³/mol. The second-order valence-electron chi connectivity index (χ2n) is 9.41. The lowest BCUT2D eigenvalue weighted by molar-refractivity contribution is -0.119. The Bertz CT molecular complexity index is 1340. The average molecular weight is 541 g/mol. The summed E-state index contributed by atoms with van der Waals surface area (Å²) in [5.41, 5.74) is 3.66. The first-order chi connectivity index (χ1) is 17.8. The Morgan fingerprint density at radius 1 is 1.27 bits per heavy atom. The van der Waals surface area contributed by atoms with Gasteiger partial charge >= 0.3 is 0 Å². The Balaban J connectivity index is 1.37. The summed E-state index contributed by atoms with van der Waals surface area (Å²) in [4.78, 5) is 41.8. The van der Waals surface area contributed by atoms with Crippen molar-refractivity contribution in [3.05, 3.63) is 56.1 Å². The molecule has 0 radical (unpaired) electrons. The van der Waals surface area contributed by atoms with E-state index >= 15 is 0 Å². The van der Waals surface area contributed by atoms with Crippen LogP contribution in [-0.4, -0.2) is 57.5 Å². The summed E-state index contributed by atoms with van der Waals surface area (Å²) in [7, 11) is 0. The van der Waals surface area contributed by atoms with Crippen molar-refractivity contribution >= 4 is 40.7 Å². The van der Waals surface area contributed by atoms with Gasteiger partial charge in [0.15, 0.2) is 0 Å². The van der Waals surface area contributed by atoms with Crippen LogP contribution in [0.4, 0.5) is 5.95 Å². The molecule has 4 heterocycles. The first kappa shape index (κ1) is 25.6. The molecule has 1 aromatic carbocycles. The molecule has 0 aliphatic carbocycles. The van der Waals surface area contributed by atoms with Crippen LogP contribution < -0.4 is 10.6 Å². The number of nitrogens with one attached hydrogen (secondary N) is 2. The smallest absolute Gasteiger partial charge is 0.254 e. The van der Waals surface area contributed by atoms with E-state index in [1.54, 1.807) is 22.4 Å². The van der Waals surface area contributed by atoms with Crippen LogP contribution in [0, 0.1) is 13.8 Å². The summed E-state index contributed by atoms with van der Waals surface area (Å²) in [6.45, 7) is 7.62. The van der Waals surface area contributed by atoms with Crippen molar-refractivity contribution in [1.29, 1.82) is 0 Å². The van der Waals surface area contributed by atoms with E-state index in [-0.39, 0.29) is 23.9 Å². The minimum absolute atomic E-state index is 0.0949. The summed E-state index contributed by atoms with van der Waals surface area (Å²) in [6.07, 6.45) is 3.37. The van der Waals surface area contributed by atoms with Crippen molar-refractivity contribution in [3.63, 3.8) is 0 Å². The first-order valence-electron chi connectivity index (χ1n) is 12.3. The van der Waals surface area contributed by atoms with Crippen LogP contribution in [0.1, 0.15) is 57.3 Å². The Hall–Kier alpha value is -3.08. The van der Waals surface area contributed by atoms with Crippen LogP contribution in [0.3, 0.4) is 0 Å². The zero-order chi connectivity index (χ0) is 26.1. The van der Waals surface area contributed by atoms with Crippen molar-refractivity contribution in [2.45, 2.75) is 52.2 Å². The van der Waals surface area contributed by atoms with Crippen molar-refractivity contribution in [2.75, 3.05) is 25.1 Å². The number of hydrogen-bond donors (Lipinski definition) is 2. The van der Waals surface area contributed by atoms with Gasteiger partial charge in [0.25, 0.3) is 5.91 Å². The molecule has 1 saturated heterocycles. The minimum Gasteiger partial charge on any atom is -0.381 e. The lowest BCUT2D eigenvalue weighted by Gasteiger charge is -2.24. The van der Waals surface area contributed by atoms with Gasteiger partial charge in [0.05, 0.1) is 33.7 Å². The predicted octanol–water partition coefficient (Wildman–Crippen LogP) is 4.29. The maximum Gasteiger partial charge on any atom is 0.254 e. The first-order valence-corrected chi connectivity index (χ1v) is 13.5. The van der Waals surface area contributed by atoms with Gasteiger partial charge in [-0.2, -0.15) is 0 Å². The molecule has 194 valence electrons. The van der Waals surface area contributed by atoms with E-state index < -0.39 is 0 Å². The summed E-state index contributed by atoms with van der Waals surface area (Å²) in [6, 6.07) is 5.59. The van der Waals surface area contributed by atoms with E-state index in [1.165, 1.54) is 6.92 Å². The number of thiazole rings is 1. The average Bonchev–Trinajstić information content (AvgIpc) is 3.37. The number of anilines is 1. The van der Waals surface area contributed by atoms with Crippen LogP contribution in [0.25, 0.3) is 11.3 Å². The van der Waals surface area contributed by atoms with E-state index in [2.05, 4.69) is 25.6 Å². The van der Waals surface area contributed by atoms with Gasteiger partial charge in [0, 0.05) is 55.3 Å². The summed E-state index contributed by atoms with van der Waals surface area (Å²) < 4.78 is 5.42. The second kappa shape index (κ2) is 10.7. The van der Waals surface area contributed by atoms with Gasteiger partial charge in [-0.25, -0.2) is 15.0 Å². The number of carbonyl (C=O) groups is 2. The third-order valence-electron chi connectivity index (χ3n) is 6.61. The van der Waals surface area contributed by atoms with Gasteiger partial charge in [-0.3, -0.25) is 9.59 Å². The number of benzene rings is 1. The Labute approximate surface area is 224 Å². The fourth-order valence-electron chi connectivity index (χ4n) is 4.85. The van der Waals surface area contributed by atoms with Crippen LogP contribution in [0.2, 0.25) is 5.02 Å². The lowest BCUT2D eigenvalue weighted by Crippen LogP contribution is -2.37. The highest BCUT2D eigenvalue weighted by molar-refractivity contribution is 7.11. The number of aromatic nitrogens is 3. The van der Waals surface area contributed by atoms with Crippen LogP contribution in [0.15, 0.2) is 24.4 Å². The summed E-state index contributed by atoms with van der Waals surface area (Å²) in [5.74, 6) is 0.249. The normalized spacial score (nSPS) is 16.5. The Morgan fingerprint density at radius 2 is 2.05 bits per heavy atom. The monoisotopic (exact) mass is 540 g/mol. The highest BCUT2D eigenvalue weighted by Gasteiger charge is 2.32. The molecule has 5 rings (SSSR count). The van der Waals surface area contributed by atoms with E-state index in [9.17, 15) is 9.59 Å². The van der Waals surface area contributed by atoms with Crippen LogP contribution >= 0.6 is 22.9 Å². The highest BCUT2D eigenvalue weighted by Crippen LogP contribution is 2.33. The SMILES string of the molecule is CC(=O)NC(CN1Cc2ccc(-c3nc(NC4CCOCC4)ncc3Cl)cc2C1=O)c1nc(C)sc1C. The minimum atomic E-state index is -0.379. The van der Waals surface area contributed by atoms with Gasteiger partial charge in [0.1, 0.15) is 0 Å². The van der Waals surface area contributed by atoms with E-state index in [0.717, 1.165) is 39.5 Å². The number of rotatable bonds is 7. The van der Waals surface area contributed by atoms with Crippen molar-refractivity contribution < 1.29 is 14.3 Å². The standard InChI is InChI=1S/C26H29ClN6O3S/c1-14-23(30-16(3)37-14)22(29-15(2)34)13-33-12-18-5-4-17(10-20(18)25(33)35)24-21(27)11-28-26(32-24)31-19-6-8-36-9-7-19/h4-5,10-11,19,22H,6-9,12-13H2,1-3H3,(H,29,34)(H,28,31,32). The molecule has 2 aliphatic heterocycles. The number of carbonyl (C=O) groups excluding carboxylic acids is 2. The molecule has 1 fully saturated rings. The number of aryl methyl sites for hydroxylation is 2. The fraction of sp³-hybridized carbons (Fsp3) is 0.423. The molecule has 2 aromatic heterocycles. The third-order valence-corrected chi connectivity index (χ3v) is 7.79. The van der Waals surface area contributed by atoms with Gasteiger partial charge < -0.3 is 20.3 Å². The quantitative estimate of drug-likeness (QED) is 0.460. The summed E-state index contributed by atoms with van der Waals surface area (Å²) >= 11 is 8.06. The summed E-state index contributed by atoms with van der Waals surface area (Å²) in [5, 5.41) is 7.68. The third kappa shape index (κ3) is 5.61. The highest BCUT2D eigenvalue weighted by atomic mass is 35.5. The number of nitrogens with zero attached hydrogens (tertiary/aromatic N) is 4. The molecule has 11 heteroatoms. The maximum atomic E-state index is 13.4. The maximum absolute atomic E-state index is 13.4. The fourth-order valence-corrected chi connectivity index (χ4v) is 5.93. The molecule has 2 aliphatic rings. The zero-order valence-corrected chi connectivity index (χ0v) is 22.6. The number of hydrogen-bond acceptors (Lipinski definition) is 8. The number of fused-ring (bicyclic) bond motifs is 1. The molecule has 3 aromatic rings. The molecular weight excluding hydrogens is 512 g/mol. The molecule has 9 nitrogen and oxygen atoms in total. The van der Waals surface area contributed by atoms with Crippen molar-refractivity contribution in [1.82, 2.24) is 25.2 Å². The number of halogens is 1. The lowest BCUT2D eigenvalue weighted by atomic mass is 10.0.